The third-order valence-electron chi connectivity index (χ3n) is 4.84. The topological polar surface area (TPSA) is 66.0 Å². The Hall–Kier alpha value is -3.66. The summed E-state index contributed by atoms with van der Waals surface area (Å²) in [6.07, 6.45) is 6.10. The average molecular weight is 368 g/mol. The number of benzene rings is 2. The summed E-state index contributed by atoms with van der Waals surface area (Å²) >= 11 is 0. The number of pyridine rings is 1. The van der Waals surface area contributed by atoms with Gasteiger partial charge < -0.3 is 10.1 Å². The molecule has 4 heteroatoms. The molecular formula is C24H20N2O2. The Morgan fingerprint density at radius 3 is 2.57 bits per heavy atom. The summed E-state index contributed by atoms with van der Waals surface area (Å²) in [7, 11) is 0. The molecule has 2 aromatic carbocycles. The van der Waals surface area contributed by atoms with Crippen molar-refractivity contribution in [3.8, 4) is 11.3 Å². The molecule has 138 valence electrons. The molecule has 2 heterocycles. The molecule has 4 nitrogen and oxygen atoms in total. The van der Waals surface area contributed by atoms with Crippen molar-refractivity contribution in [3.63, 3.8) is 0 Å². The van der Waals surface area contributed by atoms with E-state index in [2.05, 4.69) is 46.4 Å². The van der Waals surface area contributed by atoms with Gasteiger partial charge >= 0.3 is 5.97 Å². The second-order valence-electron chi connectivity index (χ2n) is 6.82. The molecule has 0 bridgehead atoms. The maximum Gasteiger partial charge on any atom is 0.331 e. The SMILES string of the molecule is CC(=Cc1ccc(Cc2c(-c3cccnc3)[nH]c3ccccc23)cc1)C(=O)O. The monoisotopic (exact) mass is 368 g/mol. The number of nitrogens with one attached hydrogen (secondary N) is 1. The minimum atomic E-state index is -0.899. The van der Waals surface area contributed by atoms with Crippen LogP contribution in [0.2, 0.25) is 0 Å². The van der Waals surface area contributed by atoms with Crippen molar-refractivity contribution in [1.82, 2.24) is 9.97 Å². The van der Waals surface area contributed by atoms with Gasteiger partial charge in [0.05, 0.1) is 5.69 Å². The van der Waals surface area contributed by atoms with E-state index in [1.165, 1.54) is 16.5 Å². The van der Waals surface area contributed by atoms with Crippen LogP contribution in [0.15, 0.2) is 78.6 Å². The van der Waals surface area contributed by atoms with Gasteiger partial charge in [-0.2, -0.15) is 0 Å². The minimum Gasteiger partial charge on any atom is -0.478 e. The fourth-order valence-corrected chi connectivity index (χ4v) is 3.39. The van der Waals surface area contributed by atoms with E-state index in [-0.39, 0.29) is 0 Å². The van der Waals surface area contributed by atoms with Crippen LogP contribution < -0.4 is 0 Å². The number of H-pyrrole nitrogens is 1. The number of rotatable bonds is 5. The number of carboxylic acids is 1. The van der Waals surface area contributed by atoms with Crippen LogP contribution in [0.4, 0.5) is 0 Å². The molecule has 4 aromatic rings. The molecule has 0 spiro atoms. The summed E-state index contributed by atoms with van der Waals surface area (Å²) in [4.78, 5) is 18.8. The van der Waals surface area contributed by atoms with Crippen LogP contribution in [0, 0.1) is 0 Å². The van der Waals surface area contributed by atoms with E-state index in [9.17, 15) is 4.79 Å². The first kappa shape index (κ1) is 17.7. The van der Waals surface area contributed by atoms with Gasteiger partial charge in [-0.3, -0.25) is 4.98 Å². The molecule has 0 saturated heterocycles. The first-order valence-electron chi connectivity index (χ1n) is 9.12. The number of nitrogens with zero attached hydrogens (tertiary/aromatic N) is 1. The number of aromatic nitrogens is 2. The predicted molar refractivity (Wildman–Crippen MR) is 112 cm³/mol. The normalized spacial score (nSPS) is 11.7. The van der Waals surface area contributed by atoms with Crippen molar-refractivity contribution in [3.05, 3.63) is 95.3 Å². The molecule has 2 aromatic heterocycles. The van der Waals surface area contributed by atoms with E-state index in [1.807, 2.05) is 30.5 Å². The van der Waals surface area contributed by atoms with Gasteiger partial charge in [0, 0.05) is 40.9 Å². The van der Waals surface area contributed by atoms with Crippen molar-refractivity contribution in [1.29, 1.82) is 0 Å². The minimum absolute atomic E-state index is 0.322. The van der Waals surface area contributed by atoms with Crippen LogP contribution in [0.3, 0.4) is 0 Å². The lowest BCUT2D eigenvalue weighted by atomic mass is 9.98. The van der Waals surface area contributed by atoms with Gasteiger partial charge in [-0.15, -0.1) is 0 Å². The van der Waals surface area contributed by atoms with Crippen molar-refractivity contribution in [2.75, 3.05) is 0 Å². The largest absolute Gasteiger partial charge is 0.478 e. The Labute approximate surface area is 163 Å². The fourth-order valence-electron chi connectivity index (χ4n) is 3.39. The highest BCUT2D eigenvalue weighted by molar-refractivity contribution is 5.92. The summed E-state index contributed by atoms with van der Waals surface area (Å²) in [6.45, 7) is 1.60. The number of aromatic amines is 1. The molecule has 2 N–H and O–H groups in total. The van der Waals surface area contributed by atoms with Crippen molar-refractivity contribution in [2.24, 2.45) is 0 Å². The molecule has 0 amide bonds. The van der Waals surface area contributed by atoms with Gasteiger partial charge in [0.2, 0.25) is 0 Å². The Balaban J connectivity index is 1.72. The van der Waals surface area contributed by atoms with Crippen LogP contribution in [0.5, 0.6) is 0 Å². The highest BCUT2D eigenvalue weighted by atomic mass is 16.4. The van der Waals surface area contributed by atoms with Crippen molar-refractivity contribution >= 4 is 22.9 Å². The van der Waals surface area contributed by atoms with E-state index < -0.39 is 5.97 Å². The van der Waals surface area contributed by atoms with Gasteiger partial charge in [-0.25, -0.2) is 4.79 Å². The zero-order chi connectivity index (χ0) is 19.5. The zero-order valence-corrected chi connectivity index (χ0v) is 15.5. The molecule has 0 fully saturated rings. The smallest absolute Gasteiger partial charge is 0.331 e. The van der Waals surface area contributed by atoms with E-state index in [1.54, 1.807) is 19.2 Å². The molecule has 0 atom stereocenters. The summed E-state index contributed by atoms with van der Waals surface area (Å²) in [6, 6.07) is 20.3. The summed E-state index contributed by atoms with van der Waals surface area (Å²) in [5.41, 5.74) is 6.85. The molecule has 0 aliphatic carbocycles. The van der Waals surface area contributed by atoms with Gasteiger partial charge in [0.15, 0.2) is 0 Å². The maximum absolute atomic E-state index is 11.0. The third kappa shape index (κ3) is 3.58. The van der Waals surface area contributed by atoms with E-state index in [0.29, 0.717) is 5.57 Å². The zero-order valence-electron chi connectivity index (χ0n) is 15.5. The van der Waals surface area contributed by atoms with Gasteiger partial charge in [-0.1, -0.05) is 42.5 Å². The van der Waals surface area contributed by atoms with Gasteiger partial charge in [0.1, 0.15) is 0 Å². The first-order chi connectivity index (χ1) is 13.6. The summed E-state index contributed by atoms with van der Waals surface area (Å²) in [5, 5.41) is 10.2. The van der Waals surface area contributed by atoms with Crippen LogP contribution in [-0.4, -0.2) is 21.0 Å². The number of hydrogen-bond donors (Lipinski definition) is 2. The number of para-hydroxylation sites is 1. The lowest BCUT2D eigenvalue weighted by Gasteiger charge is -2.06. The Bertz CT molecular complexity index is 1160. The van der Waals surface area contributed by atoms with Crippen LogP contribution in [-0.2, 0) is 11.2 Å². The molecule has 0 aliphatic rings. The third-order valence-corrected chi connectivity index (χ3v) is 4.84. The highest BCUT2D eigenvalue weighted by Gasteiger charge is 2.13. The number of aliphatic carboxylic acids is 1. The number of hydrogen-bond acceptors (Lipinski definition) is 2. The Morgan fingerprint density at radius 2 is 1.86 bits per heavy atom. The standard InChI is InChI=1S/C24H20N2O2/c1-16(24(27)28)13-17-8-10-18(11-9-17)14-21-20-6-2-3-7-22(20)26-23(21)19-5-4-12-25-15-19/h2-13,15,26H,14H2,1H3,(H,27,28). The average Bonchev–Trinajstić information content (AvgIpc) is 3.08. The second kappa shape index (κ2) is 7.53. The highest BCUT2D eigenvalue weighted by Crippen LogP contribution is 2.31. The summed E-state index contributed by atoms with van der Waals surface area (Å²) in [5.74, 6) is -0.899. The lowest BCUT2D eigenvalue weighted by molar-refractivity contribution is -0.132. The van der Waals surface area contributed by atoms with Crippen molar-refractivity contribution < 1.29 is 9.90 Å². The van der Waals surface area contributed by atoms with Crippen molar-refractivity contribution in [2.45, 2.75) is 13.3 Å². The first-order valence-corrected chi connectivity index (χ1v) is 9.12. The quantitative estimate of drug-likeness (QED) is 0.469. The summed E-state index contributed by atoms with van der Waals surface area (Å²) < 4.78 is 0. The molecule has 0 radical (unpaired) electrons. The Morgan fingerprint density at radius 1 is 1.07 bits per heavy atom. The molecule has 0 saturated carbocycles. The van der Waals surface area contributed by atoms with E-state index in [4.69, 9.17) is 5.11 Å². The number of fused-ring (bicyclic) bond motifs is 1. The maximum atomic E-state index is 11.0. The number of carboxylic acid groups (broad SMARTS) is 1. The molecule has 4 rings (SSSR count). The van der Waals surface area contributed by atoms with Gasteiger partial charge in [0.25, 0.3) is 0 Å². The second-order valence-corrected chi connectivity index (χ2v) is 6.82. The molecular weight excluding hydrogens is 348 g/mol. The fraction of sp³-hybridized carbons (Fsp3) is 0.0833. The van der Waals surface area contributed by atoms with Gasteiger partial charge in [-0.05, 0) is 47.9 Å². The molecule has 0 aliphatic heterocycles. The Kier molecular flexibility index (Phi) is 4.77. The molecule has 28 heavy (non-hydrogen) atoms. The van der Waals surface area contributed by atoms with Crippen LogP contribution in [0.1, 0.15) is 23.6 Å². The number of carbonyl (C=O) groups is 1. The van der Waals surface area contributed by atoms with E-state index >= 15 is 0 Å². The predicted octanol–water partition coefficient (Wildman–Crippen LogP) is 5.31. The van der Waals surface area contributed by atoms with E-state index in [0.717, 1.165) is 28.8 Å². The van der Waals surface area contributed by atoms with Crippen LogP contribution >= 0.6 is 0 Å². The molecule has 0 unspecified atom stereocenters. The van der Waals surface area contributed by atoms with Crippen LogP contribution in [0.25, 0.3) is 28.2 Å². The lowest BCUT2D eigenvalue weighted by Crippen LogP contribution is -1.95.